The van der Waals surface area contributed by atoms with Crippen LogP contribution in [-0.4, -0.2) is 24.4 Å². The Kier molecular flexibility index (Phi) is 5.77. The largest absolute Gasteiger partial charge is 0.423 e. The molecule has 0 atom stereocenters. The number of hydrogen-bond donors (Lipinski definition) is 1. The van der Waals surface area contributed by atoms with Crippen molar-refractivity contribution in [2.24, 2.45) is 0 Å². The number of halogens is 1. The van der Waals surface area contributed by atoms with Crippen LogP contribution in [0.15, 0.2) is 56.1 Å². The maximum absolute atomic E-state index is 12.4. The van der Waals surface area contributed by atoms with Gasteiger partial charge in [-0.2, -0.15) is 0 Å². The molecule has 0 spiro atoms. The normalized spacial score (nSPS) is 11.1. The molecule has 0 aliphatic heterocycles. The second-order valence-corrected chi connectivity index (χ2v) is 7.69. The molecular formula is C21H21BrN2O3. The molecule has 1 N–H and O–H groups in total. The summed E-state index contributed by atoms with van der Waals surface area (Å²) in [5, 5.41) is 3.81. The van der Waals surface area contributed by atoms with Crippen LogP contribution in [0.3, 0.4) is 0 Å². The van der Waals surface area contributed by atoms with E-state index in [4.69, 9.17) is 4.42 Å². The molecule has 0 saturated carbocycles. The van der Waals surface area contributed by atoms with E-state index < -0.39 is 0 Å². The fourth-order valence-electron chi connectivity index (χ4n) is 3.02. The predicted molar refractivity (Wildman–Crippen MR) is 111 cm³/mol. The summed E-state index contributed by atoms with van der Waals surface area (Å²) in [6.45, 7) is 4.58. The van der Waals surface area contributed by atoms with E-state index in [1.165, 1.54) is 6.07 Å². The van der Waals surface area contributed by atoms with Crippen molar-refractivity contribution < 1.29 is 9.21 Å². The lowest BCUT2D eigenvalue weighted by Crippen LogP contribution is -2.30. The Balaban J connectivity index is 1.72. The van der Waals surface area contributed by atoms with Crippen LogP contribution in [0.25, 0.3) is 11.0 Å². The first-order valence-electron chi connectivity index (χ1n) is 8.60. The van der Waals surface area contributed by atoms with E-state index >= 15 is 0 Å². The third-order valence-electron chi connectivity index (χ3n) is 4.30. The lowest BCUT2D eigenvalue weighted by atomic mass is 10.1. The monoisotopic (exact) mass is 428 g/mol. The summed E-state index contributed by atoms with van der Waals surface area (Å²) < 4.78 is 6.26. The fourth-order valence-corrected chi connectivity index (χ4v) is 3.49. The summed E-state index contributed by atoms with van der Waals surface area (Å²) in [4.78, 5) is 26.1. The number of fused-ring (bicyclic) bond motifs is 1. The molecule has 0 aliphatic rings. The average Bonchev–Trinajstić information content (AvgIpc) is 2.56. The first-order chi connectivity index (χ1) is 12.8. The van der Waals surface area contributed by atoms with Crippen LogP contribution in [0, 0.1) is 13.8 Å². The lowest BCUT2D eigenvalue weighted by Gasteiger charge is -2.18. The van der Waals surface area contributed by atoms with Gasteiger partial charge in [0.2, 0.25) is 5.91 Å². The molecule has 2 aromatic carbocycles. The molecule has 0 saturated heterocycles. The highest BCUT2D eigenvalue weighted by atomic mass is 79.9. The van der Waals surface area contributed by atoms with Crippen LogP contribution in [-0.2, 0) is 11.3 Å². The maximum atomic E-state index is 12.4. The van der Waals surface area contributed by atoms with Gasteiger partial charge in [-0.25, -0.2) is 4.79 Å². The number of aryl methyl sites for hydroxylation is 2. The Labute approximate surface area is 166 Å². The minimum absolute atomic E-state index is 0.106. The molecule has 1 heterocycles. The third-order valence-corrected chi connectivity index (χ3v) is 4.80. The van der Waals surface area contributed by atoms with Gasteiger partial charge in [0.05, 0.1) is 6.54 Å². The highest BCUT2D eigenvalue weighted by Crippen LogP contribution is 2.21. The quantitative estimate of drug-likeness (QED) is 0.617. The standard InChI is InChI=1S/C21H21BrN2O3/c1-13-4-6-17-15(10-21(26)27-19(17)8-13)11-24(3)12-20(25)23-18-7-5-16(22)9-14(18)2/h4-10H,11-12H2,1-3H3,(H,23,25). The molecule has 0 fully saturated rings. The number of carbonyl (C=O) groups is 1. The zero-order valence-corrected chi connectivity index (χ0v) is 17.1. The molecule has 0 radical (unpaired) electrons. The van der Waals surface area contributed by atoms with Crippen LogP contribution in [0.1, 0.15) is 16.7 Å². The Bertz CT molecular complexity index is 1060. The number of anilines is 1. The molecule has 1 aromatic heterocycles. The SMILES string of the molecule is Cc1ccc2c(CN(C)CC(=O)Nc3ccc(Br)cc3C)cc(=O)oc2c1. The average molecular weight is 429 g/mol. The molecule has 6 heteroatoms. The third kappa shape index (κ3) is 4.84. The Morgan fingerprint density at radius 3 is 2.67 bits per heavy atom. The Hall–Kier alpha value is -2.44. The number of benzene rings is 2. The molecule has 0 unspecified atom stereocenters. The molecular weight excluding hydrogens is 408 g/mol. The second-order valence-electron chi connectivity index (χ2n) is 6.77. The van der Waals surface area contributed by atoms with Crippen LogP contribution in [0.5, 0.6) is 0 Å². The van der Waals surface area contributed by atoms with Gasteiger partial charge in [0.15, 0.2) is 0 Å². The maximum Gasteiger partial charge on any atom is 0.336 e. The van der Waals surface area contributed by atoms with E-state index in [1.807, 2.05) is 62.2 Å². The minimum Gasteiger partial charge on any atom is -0.423 e. The number of nitrogens with zero attached hydrogens (tertiary/aromatic N) is 1. The van der Waals surface area contributed by atoms with Crippen LogP contribution < -0.4 is 10.9 Å². The van der Waals surface area contributed by atoms with Gasteiger partial charge in [0.25, 0.3) is 0 Å². The summed E-state index contributed by atoms with van der Waals surface area (Å²) in [6, 6.07) is 13.0. The van der Waals surface area contributed by atoms with Gasteiger partial charge < -0.3 is 9.73 Å². The molecule has 0 aliphatic carbocycles. The van der Waals surface area contributed by atoms with Gasteiger partial charge in [0, 0.05) is 28.2 Å². The summed E-state index contributed by atoms with van der Waals surface area (Å²) in [6.07, 6.45) is 0. The van der Waals surface area contributed by atoms with Gasteiger partial charge in [-0.15, -0.1) is 0 Å². The van der Waals surface area contributed by atoms with Crippen LogP contribution in [0.2, 0.25) is 0 Å². The molecule has 0 bridgehead atoms. The zero-order chi connectivity index (χ0) is 19.6. The molecule has 27 heavy (non-hydrogen) atoms. The van der Waals surface area contributed by atoms with E-state index in [-0.39, 0.29) is 18.1 Å². The summed E-state index contributed by atoms with van der Waals surface area (Å²) in [5.74, 6) is -0.106. The summed E-state index contributed by atoms with van der Waals surface area (Å²) >= 11 is 3.42. The Morgan fingerprint density at radius 1 is 1.15 bits per heavy atom. The van der Waals surface area contributed by atoms with Gasteiger partial charge in [-0.3, -0.25) is 9.69 Å². The zero-order valence-electron chi connectivity index (χ0n) is 15.5. The minimum atomic E-state index is -0.383. The fraction of sp³-hybridized carbons (Fsp3) is 0.238. The molecule has 140 valence electrons. The number of carbonyl (C=O) groups excluding carboxylic acids is 1. The van der Waals surface area contributed by atoms with Gasteiger partial charge in [-0.1, -0.05) is 28.1 Å². The molecule has 5 nitrogen and oxygen atoms in total. The van der Waals surface area contributed by atoms with E-state index in [9.17, 15) is 9.59 Å². The predicted octanol–water partition coefficient (Wildman–Crippen LogP) is 4.24. The topological polar surface area (TPSA) is 62.6 Å². The first-order valence-corrected chi connectivity index (χ1v) is 9.39. The van der Waals surface area contributed by atoms with Gasteiger partial charge in [-0.05, 0) is 61.9 Å². The molecule has 1 amide bonds. The number of likely N-dealkylation sites (N-methyl/N-ethyl adjacent to an activating group) is 1. The number of hydrogen-bond acceptors (Lipinski definition) is 4. The van der Waals surface area contributed by atoms with Crippen molar-refractivity contribution in [1.82, 2.24) is 4.90 Å². The highest BCUT2D eigenvalue weighted by molar-refractivity contribution is 9.10. The van der Waals surface area contributed by atoms with Gasteiger partial charge in [0.1, 0.15) is 5.58 Å². The number of rotatable bonds is 5. The van der Waals surface area contributed by atoms with E-state index in [1.54, 1.807) is 0 Å². The van der Waals surface area contributed by atoms with E-state index in [0.717, 1.165) is 32.2 Å². The smallest absolute Gasteiger partial charge is 0.336 e. The van der Waals surface area contributed by atoms with Crippen molar-refractivity contribution in [2.75, 3.05) is 18.9 Å². The molecule has 3 aromatic rings. The van der Waals surface area contributed by atoms with Crippen LogP contribution in [0.4, 0.5) is 5.69 Å². The van der Waals surface area contributed by atoms with E-state index in [2.05, 4.69) is 21.2 Å². The lowest BCUT2D eigenvalue weighted by molar-refractivity contribution is -0.117. The number of nitrogens with one attached hydrogen (secondary N) is 1. The van der Waals surface area contributed by atoms with Crippen LogP contribution >= 0.6 is 15.9 Å². The van der Waals surface area contributed by atoms with Gasteiger partial charge >= 0.3 is 5.63 Å². The highest BCUT2D eigenvalue weighted by Gasteiger charge is 2.12. The second kappa shape index (κ2) is 8.06. The first kappa shape index (κ1) is 19.3. The van der Waals surface area contributed by atoms with Crippen molar-refractivity contribution >= 4 is 38.5 Å². The van der Waals surface area contributed by atoms with Crippen molar-refractivity contribution in [3.05, 3.63) is 74.0 Å². The van der Waals surface area contributed by atoms with Crippen molar-refractivity contribution in [3.8, 4) is 0 Å². The van der Waals surface area contributed by atoms with Crippen molar-refractivity contribution in [2.45, 2.75) is 20.4 Å². The van der Waals surface area contributed by atoms with Crippen molar-refractivity contribution in [3.63, 3.8) is 0 Å². The summed E-state index contributed by atoms with van der Waals surface area (Å²) in [5.41, 5.74) is 3.84. The summed E-state index contributed by atoms with van der Waals surface area (Å²) in [7, 11) is 1.85. The number of amides is 1. The Morgan fingerprint density at radius 2 is 1.93 bits per heavy atom. The van der Waals surface area contributed by atoms with E-state index in [0.29, 0.717) is 12.1 Å². The van der Waals surface area contributed by atoms with Crippen molar-refractivity contribution in [1.29, 1.82) is 0 Å². The molecule has 3 rings (SSSR count).